The summed E-state index contributed by atoms with van der Waals surface area (Å²) in [6, 6.07) is 6.58. The first kappa shape index (κ1) is 16.4. The van der Waals surface area contributed by atoms with E-state index >= 15 is 0 Å². The maximum absolute atomic E-state index is 5.68. The van der Waals surface area contributed by atoms with Gasteiger partial charge in [0.15, 0.2) is 0 Å². The zero-order valence-electron chi connectivity index (χ0n) is 13.7. The smallest absolute Gasteiger partial charge is 0.0593 e. The van der Waals surface area contributed by atoms with Crippen molar-refractivity contribution in [2.24, 2.45) is 5.92 Å². The van der Waals surface area contributed by atoms with Gasteiger partial charge in [0.05, 0.1) is 12.3 Å². The molecule has 2 rings (SSSR count). The average molecular weight is 291 g/mol. The minimum absolute atomic E-state index is 0.408. The van der Waals surface area contributed by atoms with Gasteiger partial charge in [0.2, 0.25) is 0 Å². The monoisotopic (exact) mass is 291 g/mol. The minimum atomic E-state index is 0.408. The van der Waals surface area contributed by atoms with Gasteiger partial charge in [-0.2, -0.15) is 0 Å². The van der Waals surface area contributed by atoms with Crippen LogP contribution in [0.5, 0.6) is 0 Å². The summed E-state index contributed by atoms with van der Waals surface area (Å²) in [5.41, 5.74) is 1.17. The van der Waals surface area contributed by atoms with Crippen LogP contribution in [-0.4, -0.2) is 60.7 Å². The first-order chi connectivity index (χ1) is 10.2. The lowest BCUT2D eigenvalue weighted by Crippen LogP contribution is -2.48. The van der Waals surface area contributed by atoms with E-state index in [2.05, 4.69) is 47.7 Å². The molecule has 0 amide bonds. The highest BCUT2D eigenvalue weighted by Crippen LogP contribution is 2.19. The second-order valence-electron chi connectivity index (χ2n) is 6.28. The Morgan fingerprint density at radius 3 is 2.52 bits per heavy atom. The number of hydrogen-bond acceptors (Lipinski definition) is 4. The third-order valence-corrected chi connectivity index (χ3v) is 4.07. The van der Waals surface area contributed by atoms with Crippen LogP contribution in [0.4, 0.5) is 0 Å². The van der Waals surface area contributed by atoms with Crippen LogP contribution in [0.25, 0.3) is 0 Å². The molecule has 4 nitrogen and oxygen atoms in total. The highest BCUT2D eigenvalue weighted by Gasteiger charge is 2.22. The predicted octanol–water partition coefficient (Wildman–Crippen LogP) is 2.43. The normalized spacial score (nSPS) is 19.0. The van der Waals surface area contributed by atoms with E-state index in [9.17, 15) is 0 Å². The largest absolute Gasteiger partial charge is 0.380 e. The molecule has 1 aromatic heterocycles. The predicted molar refractivity (Wildman–Crippen MR) is 86.3 cm³/mol. The number of piperazine rings is 1. The van der Waals surface area contributed by atoms with Gasteiger partial charge in [-0.25, -0.2) is 0 Å². The summed E-state index contributed by atoms with van der Waals surface area (Å²) < 4.78 is 5.68. The van der Waals surface area contributed by atoms with E-state index < -0.39 is 0 Å². The van der Waals surface area contributed by atoms with Gasteiger partial charge >= 0.3 is 0 Å². The molecule has 2 heterocycles. The summed E-state index contributed by atoms with van der Waals surface area (Å²) in [5, 5.41) is 0. The topological polar surface area (TPSA) is 28.6 Å². The molecule has 0 spiro atoms. The minimum Gasteiger partial charge on any atom is -0.380 e. The fourth-order valence-electron chi connectivity index (χ4n) is 2.70. The summed E-state index contributed by atoms with van der Waals surface area (Å²) in [6.45, 7) is 13.9. The van der Waals surface area contributed by atoms with E-state index in [4.69, 9.17) is 4.74 Å². The Kier molecular flexibility index (Phi) is 6.61. The lowest BCUT2D eigenvalue weighted by molar-refractivity contribution is 0.0548. The average Bonchev–Trinajstić information content (AvgIpc) is 2.52. The molecule has 21 heavy (non-hydrogen) atoms. The van der Waals surface area contributed by atoms with E-state index in [0.29, 0.717) is 12.0 Å². The zero-order valence-corrected chi connectivity index (χ0v) is 13.7. The van der Waals surface area contributed by atoms with E-state index in [1.54, 1.807) is 0 Å². The molecule has 1 aliphatic heterocycles. The second-order valence-corrected chi connectivity index (χ2v) is 6.28. The van der Waals surface area contributed by atoms with E-state index in [1.165, 1.54) is 5.69 Å². The third-order valence-electron chi connectivity index (χ3n) is 4.07. The first-order valence-electron chi connectivity index (χ1n) is 8.12. The molecule has 0 aliphatic carbocycles. The number of ether oxygens (including phenoxy) is 1. The first-order valence-corrected chi connectivity index (χ1v) is 8.12. The maximum atomic E-state index is 5.68. The van der Waals surface area contributed by atoms with Crippen molar-refractivity contribution in [3.8, 4) is 0 Å². The fraction of sp³-hybridized carbons (Fsp3) is 0.706. The molecule has 4 heteroatoms. The number of pyridine rings is 1. The van der Waals surface area contributed by atoms with Gasteiger partial charge < -0.3 is 4.74 Å². The Labute approximate surface area is 129 Å². The number of nitrogens with zero attached hydrogens (tertiary/aromatic N) is 3. The molecule has 1 aliphatic rings. The van der Waals surface area contributed by atoms with Gasteiger partial charge in [0.25, 0.3) is 0 Å². The van der Waals surface area contributed by atoms with E-state index in [0.717, 1.165) is 45.9 Å². The quantitative estimate of drug-likeness (QED) is 0.722. The summed E-state index contributed by atoms with van der Waals surface area (Å²) >= 11 is 0. The van der Waals surface area contributed by atoms with Crippen LogP contribution in [-0.2, 0) is 4.74 Å². The van der Waals surface area contributed by atoms with Crippen molar-refractivity contribution >= 4 is 0 Å². The summed E-state index contributed by atoms with van der Waals surface area (Å²) in [5.74, 6) is 0.626. The molecule has 0 radical (unpaired) electrons. The maximum Gasteiger partial charge on any atom is 0.0593 e. The van der Waals surface area contributed by atoms with Crippen LogP contribution < -0.4 is 0 Å². The number of rotatable bonds is 7. The number of hydrogen-bond donors (Lipinski definition) is 0. The molecule has 0 unspecified atom stereocenters. The van der Waals surface area contributed by atoms with Crippen LogP contribution in [0.2, 0.25) is 0 Å². The van der Waals surface area contributed by atoms with Crippen LogP contribution in [0.15, 0.2) is 24.4 Å². The lowest BCUT2D eigenvalue weighted by Gasteiger charge is -2.37. The van der Waals surface area contributed by atoms with Gasteiger partial charge in [-0.05, 0) is 25.0 Å². The van der Waals surface area contributed by atoms with Gasteiger partial charge in [-0.15, -0.1) is 0 Å². The molecule has 0 N–H and O–H groups in total. The van der Waals surface area contributed by atoms with Crippen molar-refractivity contribution in [3.63, 3.8) is 0 Å². The van der Waals surface area contributed by atoms with E-state index in [1.807, 2.05) is 12.3 Å². The molecule has 118 valence electrons. The van der Waals surface area contributed by atoms with Crippen LogP contribution in [0.1, 0.15) is 32.5 Å². The fourth-order valence-corrected chi connectivity index (χ4v) is 2.70. The van der Waals surface area contributed by atoms with Gasteiger partial charge in [-0.1, -0.05) is 19.9 Å². The Balaban J connectivity index is 1.68. The molecule has 0 saturated carbocycles. The van der Waals surface area contributed by atoms with Gasteiger partial charge in [0.1, 0.15) is 0 Å². The van der Waals surface area contributed by atoms with Crippen molar-refractivity contribution in [2.45, 2.75) is 26.8 Å². The Bertz CT molecular complexity index is 388. The summed E-state index contributed by atoms with van der Waals surface area (Å²) in [7, 11) is 0. The zero-order chi connectivity index (χ0) is 15.1. The van der Waals surface area contributed by atoms with Gasteiger partial charge in [-0.3, -0.25) is 14.8 Å². The molecule has 1 atom stereocenters. The molecule has 1 aromatic rings. The standard InChI is InChI=1S/C17H29N3O/c1-15(2)14-21-13-12-19-8-10-20(11-9-19)16(3)17-6-4-5-7-18-17/h4-7,15-16H,8-14H2,1-3H3/t16-/m1/s1. The van der Waals surface area contributed by atoms with Crippen molar-refractivity contribution in [1.82, 2.24) is 14.8 Å². The molecule has 1 saturated heterocycles. The van der Waals surface area contributed by atoms with Crippen LogP contribution >= 0.6 is 0 Å². The Hall–Kier alpha value is -0.970. The Morgan fingerprint density at radius 1 is 1.14 bits per heavy atom. The Morgan fingerprint density at radius 2 is 1.90 bits per heavy atom. The SMILES string of the molecule is CC(C)COCCN1CCN([C@H](C)c2ccccn2)CC1. The van der Waals surface area contributed by atoms with Crippen molar-refractivity contribution in [3.05, 3.63) is 30.1 Å². The second kappa shape index (κ2) is 8.47. The lowest BCUT2D eigenvalue weighted by atomic mass is 10.1. The van der Waals surface area contributed by atoms with Crippen molar-refractivity contribution in [2.75, 3.05) is 45.9 Å². The molecular weight excluding hydrogens is 262 g/mol. The van der Waals surface area contributed by atoms with Gasteiger partial charge in [0, 0.05) is 51.6 Å². The van der Waals surface area contributed by atoms with Crippen molar-refractivity contribution < 1.29 is 4.74 Å². The van der Waals surface area contributed by atoms with Crippen LogP contribution in [0, 0.1) is 5.92 Å². The molecule has 1 fully saturated rings. The highest BCUT2D eigenvalue weighted by molar-refractivity contribution is 5.08. The molecular formula is C17H29N3O. The third kappa shape index (κ3) is 5.38. The highest BCUT2D eigenvalue weighted by atomic mass is 16.5. The van der Waals surface area contributed by atoms with Crippen molar-refractivity contribution in [1.29, 1.82) is 0 Å². The van der Waals surface area contributed by atoms with E-state index in [-0.39, 0.29) is 0 Å². The number of aromatic nitrogens is 1. The summed E-state index contributed by atoms with van der Waals surface area (Å²) in [6.07, 6.45) is 1.88. The van der Waals surface area contributed by atoms with Crippen LogP contribution in [0.3, 0.4) is 0 Å². The summed E-state index contributed by atoms with van der Waals surface area (Å²) in [4.78, 5) is 9.50. The molecule has 0 bridgehead atoms. The molecule has 0 aromatic carbocycles.